The van der Waals surface area contributed by atoms with Crippen LogP contribution in [0.25, 0.3) is 0 Å². The van der Waals surface area contributed by atoms with Gasteiger partial charge in [0.25, 0.3) is 0 Å². The Bertz CT molecular complexity index is 231. The highest BCUT2D eigenvalue weighted by Gasteiger charge is 2.44. The zero-order chi connectivity index (χ0) is 10.3. The van der Waals surface area contributed by atoms with Crippen LogP contribution < -0.4 is 5.73 Å². The number of nitrogens with two attached hydrogens (primary N) is 1. The second-order valence-electron chi connectivity index (χ2n) is 4.07. The maximum absolute atomic E-state index is 11.4. The summed E-state index contributed by atoms with van der Waals surface area (Å²) in [5, 5.41) is 0. The fourth-order valence-corrected chi connectivity index (χ4v) is 4.17. The molecule has 2 saturated heterocycles. The third-order valence-electron chi connectivity index (χ3n) is 3.28. The SMILES string of the molecule is NC(=O)N1[C@@H]2CC[C@@H](Br)[C@H]1CC[C@H]2Br. The largest absolute Gasteiger partial charge is 0.351 e. The van der Waals surface area contributed by atoms with Crippen LogP contribution in [0.4, 0.5) is 4.79 Å². The Hall–Kier alpha value is 0.230. The topological polar surface area (TPSA) is 46.3 Å². The second-order valence-corrected chi connectivity index (χ2v) is 6.42. The molecule has 2 heterocycles. The molecular formula is C9H14Br2N2O. The van der Waals surface area contributed by atoms with Crippen LogP contribution in [0.5, 0.6) is 0 Å². The molecule has 80 valence electrons. The minimum atomic E-state index is -0.270. The summed E-state index contributed by atoms with van der Waals surface area (Å²) in [5.74, 6) is 0. The number of hydrogen-bond donors (Lipinski definition) is 1. The van der Waals surface area contributed by atoms with Crippen LogP contribution in [0, 0.1) is 0 Å². The third-order valence-corrected chi connectivity index (χ3v) is 5.42. The van der Waals surface area contributed by atoms with Crippen molar-refractivity contribution < 1.29 is 4.79 Å². The van der Waals surface area contributed by atoms with Crippen LogP contribution in [0.2, 0.25) is 0 Å². The van der Waals surface area contributed by atoms with Gasteiger partial charge >= 0.3 is 6.03 Å². The molecule has 2 N–H and O–H groups in total. The number of hydrogen-bond acceptors (Lipinski definition) is 1. The van der Waals surface area contributed by atoms with E-state index in [-0.39, 0.29) is 6.03 Å². The van der Waals surface area contributed by atoms with Gasteiger partial charge in [0.05, 0.1) is 0 Å². The number of urea groups is 1. The Morgan fingerprint density at radius 2 is 1.50 bits per heavy atom. The van der Waals surface area contributed by atoms with Gasteiger partial charge in [-0.3, -0.25) is 0 Å². The van der Waals surface area contributed by atoms with Crippen LogP contribution >= 0.6 is 31.9 Å². The van der Waals surface area contributed by atoms with E-state index in [1.807, 2.05) is 4.90 Å². The third kappa shape index (κ3) is 1.69. The zero-order valence-corrected chi connectivity index (χ0v) is 11.0. The Morgan fingerprint density at radius 1 is 1.07 bits per heavy atom. The first-order chi connectivity index (χ1) is 6.61. The van der Waals surface area contributed by atoms with Crippen LogP contribution in [0.1, 0.15) is 25.7 Å². The van der Waals surface area contributed by atoms with Crippen LogP contribution in [0.3, 0.4) is 0 Å². The predicted octanol–water partition coefficient (Wildman–Crippen LogP) is 2.22. The monoisotopic (exact) mass is 324 g/mol. The molecule has 0 aromatic heterocycles. The van der Waals surface area contributed by atoms with Gasteiger partial charge in [0, 0.05) is 21.7 Å². The van der Waals surface area contributed by atoms with Crippen molar-refractivity contribution in [2.75, 3.05) is 0 Å². The lowest BCUT2D eigenvalue weighted by Gasteiger charge is -2.49. The normalized spacial score (nSPS) is 42.3. The molecule has 2 amide bonds. The van der Waals surface area contributed by atoms with Gasteiger partial charge in [0.2, 0.25) is 0 Å². The summed E-state index contributed by atoms with van der Waals surface area (Å²) in [7, 11) is 0. The molecule has 2 bridgehead atoms. The van der Waals surface area contributed by atoms with E-state index in [0.717, 1.165) is 25.7 Å². The summed E-state index contributed by atoms with van der Waals surface area (Å²) in [6.45, 7) is 0. The van der Waals surface area contributed by atoms with E-state index < -0.39 is 0 Å². The molecule has 14 heavy (non-hydrogen) atoms. The van der Waals surface area contributed by atoms with Crippen LogP contribution in [0.15, 0.2) is 0 Å². The lowest BCUT2D eigenvalue weighted by atomic mass is 9.84. The number of halogens is 2. The molecule has 0 unspecified atom stereocenters. The minimum absolute atomic E-state index is 0.270. The molecule has 3 nitrogen and oxygen atoms in total. The van der Waals surface area contributed by atoms with Crippen molar-refractivity contribution >= 4 is 37.9 Å². The number of carbonyl (C=O) groups excluding carboxylic acids is 1. The van der Waals surface area contributed by atoms with Crippen molar-refractivity contribution in [2.24, 2.45) is 5.73 Å². The number of fused-ring (bicyclic) bond motifs is 2. The van der Waals surface area contributed by atoms with E-state index in [0.29, 0.717) is 21.7 Å². The summed E-state index contributed by atoms with van der Waals surface area (Å²) in [6, 6.07) is 0.341. The van der Waals surface area contributed by atoms with Crippen molar-refractivity contribution in [3.05, 3.63) is 0 Å². The van der Waals surface area contributed by atoms with Gasteiger partial charge in [-0.25, -0.2) is 4.79 Å². The molecule has 0 aromatic carbocycles. The Kier molecular flexibility index (Phi) is 3.07. The quantitative estimate of drug-likeness (QED) is 0.682. The van der Waals surface area contributed by atoms with Crippen LogP contribution in [-0.4, -0.2) is 32.7 Å². The minimum Gasteiger partial charge on any atom is -0.351 e. The van der Waals surface area contributed by atoms with Crippen molar-refractivity contribution in [1.82, 2.24) is 4.90 Å². The van der Waals surface area contributed by atoms with Crippen LogP contribution in [-0.2, 0) is 0 Å². The molecule has 2 fully saturated rings. The van der Waals surface area contributed by atoms with Gasteiger partial charge in [-0.15, -0.1) is 0 Å². The zero-order valence-electron chi connectivity index (χ0n) is 7.83. The van der Waals surface area contributed by atoms with Gasteiger partial charge < -0.3 is 10.6 Å². The highest BCUT2D eigenvalue weighted by molar-refractivity contribution is 9.09. The molecule has 0 saturated carbocycles. The molecule has 4 atom stereocenters. The van der Waals surface area contributed by atoms with Gasteiger partial charge in [-0.05, 0) is 25.7 Å². The average molecular weight is 326 g/mol. The Labute approximate surface area is 101 Å². The number of alkyl halides is 2. The van der Waals surface area contributed by atoms with Crippen molar-refractivity contribution in [3.8, 4) is 0 Å². The summed E-state index contributed by atoms with van der Waals surface area (Å²) in [4.78, 5) is 14.1. The Morgan fingerprint density at radius 3 is 1.86 bits per heavy atom. The molecule has 2 aliphatic heterocycles. The highest BCUT2D eigenvalue weighted by atomic mass is 79.9. The lowest BCUT2D eigenvalue weighted by molar-refractivity contribution is 0.0870. The number of primary amides is 1. The molecule has 0 aliphatic carbocycles. The summed E-state index contributed by atoms with van der Waals surface area (Å²) < 4.78 is 0. The average Bonchev–Trinajstić information content (AvgIpc) is 2.14. The van der Waals surface area contributed by atoms with Gasteiger partial charge in [0.15, 0.2) is 0 Å². The summed E-state index contributed by atoms with van der Waals surface area (Å²) in [6.07, 6.45) is 4.37. The maximum Gasteiger partial charge on any atom is 0.315 e. The number of amides is 2. The molecular weight excluding hydrogens is 312 g/mol. The van der Waals surface area contributed by atoms with E-state index in [4.69, 9.17) is 5.73 Å². The first-order valence-corrected chi connectivity index (χ1v) is 6.80. The van der Waals surface area contributed by atoms with Gasteiger partial charge in [0.1, 0.15) is 0 Å². The van der Waals surface area contributed by atoms with Crippen molar-refractivity contribution in [3.63, 3.8) is 0 Å². The Balaban J connectivity index is 2.22. The number of nitrogens with zero attached hydrogens (tertiary/aromatic N) is 1. The molecule has 0 radical (unpaired) electrons. The fourth-order valence-electron chi connectivity index (χ4n) is 2.61. The first kappa shape index (κ1) is 10.7. The van der Waals surface area contributed by atoms with E-state index in [9.17, 15) is 4.79 Å². The smallest absolute Gasteiger partial charge is 0.315 e. The molecule has 0 aromatic rings. The molecule has 5 heteroatoms. The number of carbonyl (C=O) groups is 1. The van der Waals surface area contributed by atoms with E-state index >= 15 is 0 Å². The fraction of sp³-hybridized carbons (Fsp3) is 0.889. The van der Waals surface area contributed by atoms with Crippen molar-refractivity contribution in [1.29, 1.82) is 0 Å². The lowest BCUT2D eigenvalue weighted by Crippen LogP contribution is -2.61. The molecule has 2 aliphatic rings. The van der Waals surface area contributed by atoms with Gasteiger partial charge in [-0.1, -0.05) is 31.9 Å². The van der Waals surface area contributed by atoms with E-state index in [2.05, 4.69) is 31.9 Å². The predicted molar refractivity (Wildman–Crippen MR) is 62.9 cm³/mol. The van der Waals surface area contributed by atoms with Crippen molar-refractivity contribution in [2.45, 2.75) is 47.4 Å². The van der Waals surface area contributed by atoms with Gasteiger partial charge in [-0.2, -0.15) is 0 Å². The van der Waals surface area contributed by atoms with E-state index in [1.165, 1.54) is 0 Å². The molecule has 2 rings (SSSR count). The first-order valence-electron chi connectivity index (χ1n) is 4.97. The molecule has 0 spiro atoms. The standard InChI is InChI=1S/C9H14Br2N2O/c10-5-1-3-7-6(11)2-4-8(5)13(7)9(12)14/h5-8H,1-4H2,(H2,12,14)/t5-,6-,7-,8-/m1/s1. The highest BCUT2D eigenvalue weighted by Crippen LogP contribution is 2.39. The summed E-state index contributed by atoms with van der Waals surface area (Å²) >= 11 is 7.28. The second kappa shape index (κ2) is 4.00. The summed E-state index contributed by atoms with van der Waals surface area (Å²) in [5.41, 5.74) is 5.43. The maximum atomic E-state index is 11.4. The number of piperidine rings is 2. The van der Waals surface area contributed by atoms with E-state index in [1.54, 1.807) is 0 Å². The number of rotatable bonds is 0.